The minimum atomic E-state index is -0.793. The number of allylic oxidation sites excluding steroid dienone is 6. The zero-order valence-corrected chi connectivity index (χ0v) is 25.1. The number of carbonyl (C=O) groups excluding carboxylic acids is 4. The first-order chi connectivity index (χ1) is 19.6. The lowest BCUT2D eigenvalue weighted by Crippen LogP contribution is -2.39. The number of rotatable bonds is 5. The summed E-state index contributed by atoms with van der Waals surface area (Å²) >= 11 is 6.68. The Morgan fingerprint density at radius 2 is 1.73 bits per heavy atom. The van der Waals surface area contributed by atoms with Gasteiger partial charge in [0.25, 0.3) is 0 Å². The normalized spacial score (nSPS) is 25.5. The van der Waals surface area contributed by atoms with Crippen molar-refractivity contribution >= 4 is 55.2 Å². The fourth-order valence-corrected chi connectivity index (χ4v) is 7.62. The van der Waals surface area contributed by atoms with E-state index in [1.54, 1.807) is 36.4 Å². The second-order valence-electron chi connectivity index (χ2n) is 10.7. The molecule has 0 bridgehead atoms. The number of Topliss-reactive ketones (excluding diaryl/α,β-unsaturated/α-hetero) is 1. The fourth-order valence-electron chi connectivity index (χ4n) is 6.72. The van der Waals surface area contributed by atoms with E-state index < -0.39 is 23.7 Å². The average Bonchev–Trinajstić information content (AvgIpc) is 3.20. The molecule has 0 unspecified atom stereocenters. The van der Waals surface area contributed by atoms with Crippen molar-refractivity contribution in [3.63, 3.8) is 0 Å². The van der Waals surface area contributed by atoms with E-state index in [0.717, 1.165) is 11.1 Å². The van der Waals surface area contributed by atoms with Crippen molar-refractivity contribution in [3.05, 3.63) is 85.4 Å². The second kappa shape index (κ2) is 10.4. The largest absolute Gasteiger partial charge is 0.508 e. The zero-order valence-electron chi connectivity index (χ0n) is 21.9. The van der Waals surface area contributed by atoms with Crippen molar-refractivity contribution in [1.29, 1.82) is 0 Å². The van der Waals surface area contributed by atoms with E-state index in [4.69, 9.17) is 4.74 Å². The molecule has 3 aliphatic carbocycles. The van der Waals surface area contributed by atoms with Gasteiger partial charge in [-0.2, -0.15) is 0 Å². The molecule has 0 aromatic heterocycles. The SMILES string of the molecule is COc1cc(Br)cc([C@H]2C3=CC[C@@H]4C(=O)N(CCc5ccc(O)cc5)C(=O)[C@@H]4[C@@H]3CC3=C2C(=O)C=C(Br)C3=O)c1O. The molecule has 10 heteroatoms. The highest BCUT2D eigenvalue weighted by atomic mass is 79.9. The van der Waals surface area contributed by atoms with Gasteiger partial charge < -0.3 is 14.9 Å². The number of methoxy groups -OCH3 is 1. The maximum absolute atomic E-state index is 13.9. The number of amides is 2. The Bertz CT molecular complexity index is 1620. The monoisotopic (exact) mass is 681 g/mol. The zero-order chi connectivity index (χ0) is 29.2. The lowest BCUT2D eigenvalue weighted by Gasteiger charge is -2.42. The first-order valence-electron chi connectivity index (χ1n) is 13.2. The van der Waals surface area contributed by atoms with Gasteiger partial charge in [-0.15, -0.1) is 0 Å². The third kappa shape index (κ3) is 4.48. The molecular weight excluding hydrogens is 658 g/mol. The van der Waals surface area contributed by atoms with Crippen LogP contribution in [0.25, 0.3) is 0 Å². The van der Waals surface area contributed by atoms with E-state index in [1.165, 1.54) is 18.1 Å². The van der Waals surface area contributed by atoms with Crippen LogP contribution in [0.2, 0.25) is 0 Å². The van der Waals surface area contributed by atoms with Crippen LogP contribution in [0.4, 0.5) is 0 Å². The number of nitrogens with zero attached hydrogens (tertiary/aromatic N) is 1. The number of ether oxygens (including phenoxy) is 1. The lowest BCUT2D eigenvalue weighted by molar-refractivity contribution is -0.140. The van der Waals surface area contributed by atoms with Gasteiger partial charge in [0.15, 0.2) is 23.1 Å². The standard InChI is InChI=1S/C31H25Br2NO7/c1-41-24-11-15(32)10-20(29(24)38)25-17-6-7-18-26(19(17)12-21-27(25)23(36)13-22(33)28(21)37)31(40)34(30(18)39)9-8-14-2-4-16(35)5-3-14/h2-6,10-11,13,18-19,25-26,35,38H,7-9,12H2,1H3/t18-,19+,25+,26-/m0/s1. The molecule has 0 radical (unpaired) electrons. The van der Waals surface area contributed by atoms with Crippen molar-refractivity contribution < 1.29 is 34.1 Å². The lowest BCUT2D eigenvalue weighted by atomic mass is 9.59. The predicted octanol–water partition coefficient (Wildman–Crippen LogP) is 4.87. The van der Waals surface area contributed by atoms with E-state index >= 15 is 0 Å². The Hall–Kier alpha value is -3.50. The third-order valence-electron chi connectivity index (χ3n) is 8.58. The van der Waals surface area contributed by atoms with E-state index in [9.17, 15) is 29.4 Å². The number of phenolic OH excluding ortho intramolecular Hbond substituents is 2. The van der Waals surface area contributed by atoms with Crippen LogP contribution in [0, 0.1) is 17.8 Å². The van der Waals surface area contributed by atoms with Gasteiger partial charge in [0.05, 0.1) is 23.4 Å². The van der Waals surface area contributed by atoms with Gasteiger partial charge in [0, 0.05) is 39.7 Å². The fraction of sp³-hybridized carbons (Fsp3) is 0.290. The number of ketones is 2. The van der Waals surface area contributed by atoms with Gasteiger partial charge in [-0.25, -0.2) is 0 Å². The maximum Gasteiger partial charge on any atom is 0.233 e. The number of hydrogen-bond acceptors (Lipinski definition) is 7. The highest BCUT2D eigenvalue weighted by Crippen LogP contribution is 2.57. The van der Waals surface area contributed by atoms with Gasteiger partial charge in [0.2, 0.25) is 11.8 Å². The van der Waals surface area contributed by atoms with Gasteiger partial charge in [-0.1, -0.05) is 39.7 Å². The molecule has 0 spiro atoms. The highest BCUT2D eigenvalue weighted by Gasteiger charge is 2.56. The Balaban J connectivity index is 1.42. The predicted molar refractivity (Wildman–Crippen MR) is 155 cm³/mol. The summed E-state index contributed by atoms with van der Waals surface area (Å²) in [6.45, 7) is 0.199. The van der Waals surface area contributed by atoms with Crippen molar-refractivity contribution in [2.24, 2.45) is 17.8 Å². The average molecular weight is 683 g/mol. The number of halogens is 2. The van der Waals surface area contributed by atoms with E-state index in [2.05, 4.69) is 31.9 Å². The molecule has 2 N–H and O–H groups in total. The molecule has 6 rings (SSSR count). The third-order valence-corrected chi connectivity index (χ3v) is 9.63. The Morgan fingerprint density at radius 3 is 2.44 bits per heavy atom. The molecule has 1 heterocycles. The number of hydrogen-bond donors (Lipinski definition) is 2. The van der Waals surface area contributed by atoms with Gasteiger partial charge in [-0.3, -0.25) is 24.1 Å². The summed E-state index contributed by atoms with van der Waals surface area (Å²) in [6, 6.07) is 9.93. The number of carbonyl (C=O) groups is 4. The van der Waals surface area contributed by atoms with E-state index in [-0.39, 0.29) is 63.7 Å². The second-order valence-corrected chi connectivity index (χ2v) is 12.5. The summed E-state index contributed by atoms with van der Waals surface area (Å²) in [5, 5.41) is 20.8. The molecule has 41 heavy (non-hydrogen) atoms. The molecule has 2 aromatic carbocycles. The number of fused-ring (bicyclic) bond motifs is 3. The van der Waals surface area contributed by atoms with Crippen molar-refractivity contribution in [1.82, 2.24) is 4.90 Å². The van der Waals surface area contributed by atoms with Crippen LogP contribution in [0.3, 0.4) is 0 Å². The molecule has 1 saturated heterocycles. The number of phenols is 2. The topological polar surface area (TPSA) is 121 Å². The molecule has 210 valence electrons. The van der Waals surface area contributed by atoms with E-state index in [1.807, 2.05) is 6.08 Å². The summed E-state index contributed by atoms with van der Waals surface area (Å²) in [7, 11) is 1.43. The summed E-state index contributed by atoms with van der Waals surface area (Å²) in [5.74, 6) is -3.61. The smallest absolute Gasteiger partial charge is 0.233 e. The van der Waals surface area contributed by atoms with Crippen molar-refractivity contribution in [2.75, 3.05) is 13.7 Å². The first-order valence-corrected chi connectivity index (χ1v) is 14.8. The molecular formula is C31H25Br2NO7. The number of likely N-dealkylation sites (tertiary alicyclic amines) is 1. The molecule has 2 amide bonds. The summed E-state index contributed by atoms with van der Waals surface area (Å²) in [5.41, 5.74) is 2.57. The van der Waals surface area contributed by atoms with Gasteiger partial charge >= 0.3 is 0 Å². The maximum atomic E-state index is 13.9. The van der Waals surface area contributed by atoms with Gasteiger partial charge in [0.1, 0.15) is 5.75 Å². The summed E-state index contributed by atoms with van der Waals surface area (Å²) in [6.07, 6.45) is 4.05. The number of aromatic hydroxyl groups is 2. The van der Waals surface area contributed by atoms with Crippen LogP contribution in [0.15, 0.2) is 74.2 Å². The van der Waals surface area contributed by atoms with Gasteiger partial charge in [-0.05, 0) is 70.9 Å². The van der Waals surface area contributed by atoms with Crippen LogP contribution in [-0.2, 0) is 25.6 Å². The molecule has 1 aliphatic heterocycles. The quantitative estimate of drug-likeness (QED) is 0.262. The highest BCUT2D eigenvalue weighted by molar-refractivity contribution is 9.12. The summed E-state index contributed by atoms with van der Waals surface area (Å²) in [4.78, 5) is 55.5. The van der Waals surface area contributed by atoms with Crippen molar-refractivity contribution in [3.8, 4) is 17.2 Å². The minimum absolute atomic E-state index is 0.138. The first kappa shape index (κ1) is 27.7. The van der Waals surface area contributed by atoms with Crippen LogP contribution >= 0.6 is 31.9 Å². The Kier molecular flexibility index (Phi) is 7.02. The van der Waals surface area contributed by atoms with Crippen molar-refractivity contribution in [2.45, 2.75) is 25.2 Å². The minimum Gasteiger partial charge on any atom is -0.508 e. The molecule has 0 saturated carbocycles. The molecule has 4 atom stereocenters. The summed E-state index contributed by atoms with van der Waals surface area (Å²) < 4.78 is 6.12. The van der Waals surface area contributed by atoms with Crippen LogP contribution in [0.1, 0.15) is 29.9 Å². The van der Waals surface area contributed by atoms with Crippen LogP contribution in [0.5, 0.6) is 17.2 Å². The number of imide groups is 1. The molecule has 4 aliphatic rings. The molecule has 1 fully saturated rings. The van der Waals surface area contributed by atoms with E-state index in [0.29, 0.717) is 28.5 Å². The molecule has 8 nitrogen and oxygen atoms in total. The van der Waals surface area contributed by atoms with Crippen LogP contribution in [-0.4, -0.2) is 52.1 Å². The Morgan fingerprint density at radius 1 is 1.00 bits per heavy atom. The van der Waals surface area contributed by atoms with Crippen LogP contribution < -0.4 is 4.74 Å². The number of benzene rings is 2. The molecule has 2 aromatic rings. The Labute approximate surface area is 252 Å².